The van der Waals surface area contributed by atoms with Gasteiger partial charge in [0.05, 0.1) is 0 Å². The van der Waals surface area contributed by atoms with Gasteiger partial charge in [-0.05, 0) is 19.0 Å². The summed E-state index contributed by atoms with van der Waals surface area (Å²) in [5, 5.41) is 8.72. The van der Waals surface area contributed by atoms with Gasteiger partial charge in [-0.2, -0.15) is 0 Å². The molecule has 0 unspecified atom stereocenters. The van der Waals surface area contributed by atoms with E-state index in [1.54, 1.807) is 0 Å². The smallest absolute Gasteiger partial charge is 0.130 e. The predicted octanol–water partition coefficient (Wildman–Crippen LogP) is 2.17. The maximum absolute atomic E-state index is 13.4. The molecule has 0 heterocycles. The predicted molar refractivity (Wildman–Crippen MR) is 59.0 cm³/mol. The van der Waals surface area contributed by atoms with Gasteiger partial charge < -0.3 is 5.11 Å². The average Bonchev–Trinajstić information content (AvgIpc) is 2.27. The Bertz CT molecular complexity index is 331. The van der Waals surface area contributed by atoms with E-state index in [0.29, 0.717) is 25.1 Å². The molecule has 4 heteroatoms. The Morgan fingerprint density at radius 2 is 2.06 bits per heavy atom. The molecule has 0 bridgehead atoms. The lowest BCUT2D eigenvalue weighted by atomic mass is 10.2. The quantitative estimate of drug-likeness (QED) is 0.808. The Morgan fingerprint density at radius 3 is 2.62 bits per heavy atom. The van der Waals surface area contributed by atoms with Gasteiger partial charge in [0, 0.05) is 31.3 Å². The van der Waals surface area contributed by atoms with Crippen molar-refractivity contribution in [1.82, 2.24) is 4.90 Å². The van der Waals surface area contributed by atoms with Gasteiger partial charge in [0.1, 0.15) is 11.6 Å². The van der Waals surface area contributed by atoms with Crippen molar-refractivity contribution in [2.24, 2.45) is 0 Å². The highest BCUT2D eigenvalue weighted by Crippen LogP contribution is 2.12. The van der Waals surface area contributed by atoms with E-state index in [-0.39, 0.29) is 6.61 Å². The van der Waals surface area contributed by atoms with Gasteiger partial charge in [0.25, 0.3) is 0 Å². The van der Waals surface area contributed by atoms with Crippen LogP contribution in [0.3, 0.4) is 0 Å². The van der Waals surface area contributed by atoms with Crippen molar-refractivity contribution in [3.05, 3.63) is 35.4 Å². The number of hydrogen-bond donors (Lipinski definition) is 1. The van der Waals surface area contributed by atoms with Gasteiger partial charge in [-0.1, -0.05) is 13.0 Å². The number of nitrogens with zero attached hydrogens (tertiary/aromatic N) is 1. The monoisotopic (exact) mass is 229 g/mol. The van der Waals surface area contributed by atoms with Crippen molar-refractivity contribution in [1.29, 1.82) is 0 Å². The highest BCUT2D eigenvalue weighted by atomic mass is 19.1. The third kappa shape index (κ3) is 3.87. The van der Waals surface area contributed by atoms with Crippen molar-refractivity contribution >= 4 is 0 Å². The molecular weight excluding hydrogens is 212 g/mol. The fraction of sp³-hybridized carbons (Fsp3) is 0.500. The summed E-state index contributed by atoms with van der Waals surface area (Å²) in [6.45, 7) is 4.03. The average molecular weight is 229 g/mol. The molecule has 0 aliphatic rings. The van der Waals surface area contributed by atoms with E-state index in [1.165, 1.54) is 12.1 Å². The Hall–Kier alpha value is -1.00. The maximum atomic E-state index is 13.4. The van der Waals surface area contributed by atoms with Crippen molar-refractivity contribution in [2.75, 3.05) is 19.7 Å². The van der Waals surface area contributed by atoms with E-state index in [1.807, 2.05) is 11.8 Å². The first kappa shape index (κ1) is 13.1. The van der Waals surface area contributed by atoms with Crippen LogP contribution in [-0.2, 0) is 6.54 Å². The second-order valence-electron chi connectivity index (χ2n) is 3.68. The Morgan fingerprint density at radius 1 is 1.31 bits per heavy atom. The molecule has 0 aromatic heterocycles. The summed E-state index contributed by atoms with van der Waals surface area (Å²) in [6.07, 6.45) is 0.663. The Balaban J connectivity index is 2.62. The van der Waals surface area contributed by atoms with Crippen LogP contribution >= 0.6 is 0 Å². The second kappa shape index (κ2) is 6.55. The van der Waals surface area contributed by atoms with Crippen molar-refractivity contribution in [2.45, 2.75) is 19.9 Å². The highest BCUT2D eigenvalue weighted by molar-refractivity contribution is 5.18. The molecule has 0 aliphatic heterocycles. The molecule has 0 spiro atoms. The van der Waals surface area contributed by atoms with Gasteiger partial charge in [0.15, 0.2) is 0 Å². The van der Waals surface area contributed by atoms with Gasteiger partial charge in [-0.3, -0.25) is 4.90 Å². The van der Waals surface area contributed by atoms with Crippen LogP contribution in [0.25, 0.3) is 0 Å². The molecule has 1 aromatic carbocycles. The SMILES string of the molecule is CCN(CCCO)Cc1ccc(F)cc1F. The largest absolute Gasteiger partial charge is 0.396 e. The molecule has 90 valence electrons. The zero-order valence-electron chi connectivity index (χ0n) is 9.42. The van der Waals surface area contributed by atoms with E-state index in [2.05, 4.69) is 0 Å². The lowest BCUT2D eigenvalue weighted by molar-refractivity contribution is 0.223. The van der Waals surface area contributed by atoms with E-state index < -0.39 is 11.6 Å². The van der Waals surface area contributed by atoms with Gasteiger partial charge in [0.2, 0.25) is 0 Å². The van der Waals surface area contributed by atoms with Gasteiger partial charge in [-0.15, -0.1) is 0 Å². The summed E-state index contributed by atoms with van der Waals surface area (Å²) in [4.78, 5) is 2.01. The standard InChI is InChI=1S/C12H17F2NO/c1-2-15(6-3-7-16)9-10-4-5-11(13)8-12(10)14/h4-5,8,16H,2-3,6-7,9H2,1H3. The summed E-state index contributed by atoms with van der Waals surface area (Å²) in [5.74, 6) is -1.07. The molecule has 0 amide bonds. The molecule has 1 rings (SSSR count). The maximum Gasteiger partial charge on any atom is 0.130 e. The van der Waals surface area contributed by atoms with E-state index in [0.717, 1.165) is 12.6 Å². The third-order valence-electron chi connectivity index (χ3n) is 2.49. The zero-order chi connectivity index (χ0) is 12.0. The molecule has 16 heavy (non-hydrogen) atoms. The number of halogens is 2. The van der Waals surface area contributed by atoms with Gasteiger partial charge in [-0.25, -0.2) is 8.78 Å². The number of rotatable bonds is 6. The van der Waals surface area contributed by atoms with Crippen LogP contribution in [0.1, 0.15) is 18.9 Å². The van der Waals surface area contributed by atoms with Crippen LogP contribution in [0.4, 0.5) is 8.78 Å². The van der Waals surface area contributed by atoms with Crippen LogP contribution in [0.15, 0.2) is 18.2 Å². The minimum atomic E-state index is -0.556. The highest BCUT2D eigenvalue weighted by Gasteiger charge is 2.08. The fourth-order valence-electron chi connectivity index (χ4n) is 1.53. The molecule has 0 atom stereocenters. The Labute approximate surface area is 94.5 Å². The molecule has 0 saturated carbocycles. The first-order valence-corrected chi connectivity index (χ1v) is 5.44. The number of hydrogen-bond acceptors (Lipinski definition) is 2. The van der Waals surface area contributed by atoms with Crippen molar-refractivity contribution < 1.29 is 13.9 Å². The van der Waals surface area contributed by atoms with Crippen LogP contribution in [0.2, 0.25) is 0 Å². The molecule has 0 aliphatic carbocycles. The molecule has 0 fully saturated rings. The van der Waals surface area contributed by atoms with E-state index >= 15 is 0 Å². The van der Waals surface area contributed by atoms with Crippen molar-refractivity contribution in [3.8, 4) is 0 Å². The van der Waals surface area contributed by atoms with Crippen LogP contribution in [0.5, 0.6) is 0 Å². The third-order valence-corrected chi connectivity index (χ3v) is 2.49. The lowest BCUT2D eigenvalue weighted by Crippen LogP contribution is -2.25. The molecule has 0 radical (unpaired) electrons. The fourth-order valence-corrected chi connectivity index (χ4v) is 1.53. The van der Waals surface area contributed by atoms with E-state index in [9.17, 15) is 8.78 Å². The van der Waals surface area contributed by atoms with Gasteiger partial charge >= 0.3 is 0 Å². The summed E-state index contributed by atoms with van der Waals surface area (Å²) in [6, 6.07) is 3.62. The first-order valence-electron chi connectivity index (χ1n) is 5.44. The molecular formula is C12H17F2NO. The second-order valence-corrected chi connectivity index (χ2v) is 3.68. The minimum absolute atomic E-state index is 0.127. The Kier molecular flexibility index (Phi) is 5.35. The topological polar surface area (TPSA) is 23.5 Å². The normalized spacial score (nSPS) is 11.1. The van der Waals surface area contributed by atoms with Crippen molar-refractivity contribution in [3.63, 3.8) is 0 Å². The number of aliphatic hydroxyl groups is 1. The summed E-state index contributed by atoms with van der Waals surface area (Å²) in [5.41, 5.74) is 0.487. The summed E-state index contributed by atoms with van der Waals surface area (Å²) < 4.78 is 26.0. The number of aliphatic hydroxyl groups excluding tert-OH is 1. The molecule has 0 saturated heterocycles. The minimum Gasteiger partial charge on any atom is -0.396 e. The molecule has 2 nitrogen and oxygen atoms in total. The molecule has 1 N–H and O–H groups in total. The van der Waals surface area contributed by atoms with E-state index in [4.69, 9.17) is 5.11 Å². The summed E-state index contributed by atoms with van der Waals surface area (Å²) >= 11 is 0. The zero-order valence-corrected chi connectivity index (χ0v) is 9.42. The van der Waals surface area contributed by atoms with Crippen LogP contribution in [0, 0.1) is 11.6 Å². The number of benzene rings is 1. The lowest BCUT2D eigenvalue weighted by Gasteiger charge is -2.20. The first-order chi connectivity index (χ1) is 7.67. The molecule has 1 aromatic rings. The summed E-state index contributed by atoms with van der Waals surface area (Å²) in [7, 11) is 0. The van der Waals surface area contributed by atoms with Crippen LogP contribution in [-0.4, -0.2) is 29.7 Å². The van der Waals surface area contributed by atoms with Crippen LogP contribution < -0.4 is 0 Å².